The maximum absolute atomic E-state index is 6.74. The second-order valence-corrected chi connectivity index (χ2v) is 13.1. The van der Waals surface area contributed by atoms with E-state index < -0.39 is 5.41 Å². The predicted octanol–water partition coefficient (Wildman–Crippen LogP) is 12.4. The molecule has 1 heterocycles. The lowest BCUT2D eigenvalue weighted by atomic mass is 9.70. The molecule has 0 N–H and O–H groups in total. The molecule has 0 radical (unpaired) electrons. The number of benzene rings is 8. The Morgan fingerprint density at radius 1 is 0.333 bits per heavy atom. The molecule has 1 nitrogen and oxygen atoms in total. The van der Waals surface area contributed by atoms with Gasteiger partial charge in [-0.2, -0.15) is 0 Å². The molecular formula is C47H28O. The van der Waals surface area contributed by atoms with Crippen molar-refractivity contribution in [1.29, 1.82) is 0 Å². The number of furan rings is 1. The summed E-state index contributed by atoms with van der Waals surface area (Å²) in [6.45, 7) is 0. The van der Waals surface area contributed by atoms with Crippen LogP contribution in [0.4, 0.5) is 0 Å². The first kappa shape index (κ1) is 25.9. The number of hydrogen-bond acceptors (Lipinski definition) is 1. The SMILES string of the molecule is c1ccc(-c2c3ccccc3c(-c3cccc4c3-c3ccccc3C43c4ccccc4-c4oc5ccccc5c43)c3ccccc23)cc1. The highest BCUT2D eigenvalue weighted by Gasteiger charge is 2.54. The van der Waals surface area contributed by atoms with Crippen molar-refractivity contribution in [3.63, 3.8) is 0 Å². The van der Waals surface area contributed by atoms with E-state index in [0.717, 1.165) is 11.3 Å². The molecule has 1 spiro atoms. The van der Waals surface area contributed by atoms with Crippen molar-refractivity contribution in [1.82, 2.24) is 0 Å². The van der Waals surface area contributed by atoms with Gasteiger partial charge in [-0.05, 0) is 77.7 Å². The fraction of sp³-hybridized carbons (Fsp3) is 0.0213. The van der Waals surface area contributed by atoms with Gasteiger partial charge in [0.1, 0.15) is 11.3 Å². The molecule has 0 amide bonds. The van der Waals surface area contributed by atoms with E-state index in [-0.39, 0.29) is 0 Å². The summed E-state index contributed by atoms with van der Waals surface area (Å²) in [7, 11) is 0. The van der Waals surface area contributed by atoms with E-state index in [1.54, 1.807) is 0 Å². The number of para-hydroxylation sites is 1. The fourth-order valence-electron chi connectivity index (χ4n) is 9.18. The predicted molar refractivity (Wildman–Crippen MR) is 198 cm³/mol. The monoisotopic (exact) mass is 608 g/mol. The van der Waals surface area contributed by atoms with Crippen molar-refractivity contribution in [2.45, 2.75) is 5.41 Å². The molecule has 0 saturated carbocycles. The lowest BCUT2D eigenvalue weighted by Crippen LogP contribution is -2.25. The van der Waals surface area contributed by atoms with Gasteiger partial charge in [0, 0.05) is 16.5 Å². The Kier molecular flexibility index (Phi) is 5.10. The third kappa shape index (κ3) is 3.11. The Balaban J connectivity index is 1.32. The Labute approximate surface area is 278 Å². The van der Waals surface area contributed by atoms with E-state index in [1.165, 1.54) is 88.1 Å². The summed E-state index contributed by atoms with van der Waals surface area (Å²) < 4.78 is 6.74. The average molecular weight is 609 g/mol. The van der Waals surface area contributed by atoms with Crippen molar-refractivity contribution in [3.05, 3.63) is 192 Å². The zero-order valence-corrected chi connectivity index (χ0v) is 26.1. The third-order valence-electron chi connectivity index (χ3n) is 10.9. The maximum Gasteiger partial charge on any atom is 0.140 e. The summed E-state index contributed by atoms with van der Waals surface area (Å²) >= 11 is 0. The van der Waals surface area contributed by atoms with Crippen LogP contribution < -0.4 is 0 Å². The first-order valence-electron chi connectivity index (χ1n) is 16.7. The highest BCUT2D eigenvalue weighted by Crippen LogP contribution is 2.66. The molecule has 1 aromatic heterocycles. The van der Waals surface area contributed by atoms with Gasteiger partial charge in [0.2, 0.25) is 0 Å². The minimum Gasteiger partial charge on any atom is -0.456 e. The zero-order chi connectivity index (χ0) is 31.4. The highest BCUT2D eigenvalue weighted by molar-refractivity contribution is 6.23. The molecule has 0 bridgehead atoms. The standard InChI is InChI=1S/C47H28O/c1-2-15-29(16-3-1)42-30-17-4-6-19-32(30)43(33-20-7-5-18-31(33)42)37-24-14-27-40-44(37)34-21-8-11-25-38(34)47(40)39-26-12-9-22-35(39)46-45(47)36-23-10-13-28-41(36)48-46/h1-28H. The Morgan fingerprint density at radius 3 is 1.54 bits per heavy atom. The van der Waals surface area contributed by atoms with Crippen LogP contribution in [0.3, 0.4) is 0 Å². The molecule has 11 rings (SSSR count). The van der Waals surface area contributed by atoms with Crippen LogP contribution in [0.5, 0.6) is 0 Å². The van der Waals surface area contributed by atoms with Gasteiger partial charge in [-0.1, -0.05) is 164 Å². The Hall–Kier alpha value is -6.18. The van der Waals surface area contributed by atoms with Gasteiger partial charge >= 0.3 is 0 Å². The van der Waals surface area contributed by atoms with Crippen LogP contribution in [0.1, 0.15) is 22.3 Å². The van der Waals surface area contributed by atoms with Crippen LogP contribution in [0.25, 0.3) is 77.2 Å². The normalized spacial score (nSPS) is 15.6. The molecule has 1 heteroatoms. The smallest absolute Gasteiger partial charge is 0.140 e. The molecule has 48 heavy (non-hydrogen) atoms. The second-order valence-electron chi connectivity index (χ2n) is 13.1. The molecule has 222 valence electrons. The van der Waals surface area contributed by atoms with Gasteiger partial charge in [-0.25, -0.2) is 0 Å². The fourth-order valence-corrected chi connectivity index (χ4v) is 9.18. The van der Waals surface area contributed by atoms with E-state index in [9.17, 15) is 0 Å². The number of hydrogen-bond donors (Lipinski definition) is 0. The average Bonchev–Trinajstić information content (AvgIpc) is 3.78. The second kappa shape index (κ2) is 9.44. The van der Waals surface area contributed by atoms with Crippen molar-refractivity contribution in [2.75, 3.05) is 0 Å². The van der Waals surface area contributed by atoms with Crippen LogP contribution in [0.2, 0.25) is 0 Å². The number of rotatable bonds is 2. The van der Waals surface area contributed by atoms with Crippen LogP contribution in [0.15, 0.2) is 174 Å². The van der Waals surface area contributed by atoms with E-state index >= 15 is 0 Å². The van der Waals surface area contributed by atoms with E-state index in [0.29, 0.717) is 0 Å². The molecular weight excluding hydrogens is 581 g/mol. The molecule has 2 aliphatic rings. The molecule has 2 aliphatic carbocycles. The topological polar surface area (TPSA) is 13.1 Å². The van der Waals surface area contributed by atoms with Crippen molar-refractivity contribution >= 4 is 32.5 Å². The highest BCUT2D eigenvalue weighted by atomic mass is 16.3. The van der Waals surface area contributed by atoms with Crippen LogP contribution in [0, 0.1) is 0 Å². The van der Waals surface area contributed by atoms with Gasteiger partial charge in [0.15, 0.2) is 0 Å². The summed E-state index contributed by atoms with van der Waals surface area (Å²) in [5.74, 6) is 0.989. The van der Waals surface area contributed by atoms with E-state index in [2.05, 4.69) is 170 Å². The van der Waals surface area contributed by atoms with Gasteiger partial charge in [0.25, 0.3) is 0 Å². The van der Waals surface area contributed by atoms with Crippen molar-refractivity contribution in [3.8, 4) is 44.7 Å². The largest absolute Gasteiger partial charge is 0.456 e. The molecule has 0 aliphatic heterocycles. The van der Waals surface area contributed by atoms with Crippen LogP contribution >= 0.6 is 0 Å². The Morgan fingerprint density at radius 2 is 0.833 bits per heavy atom. The molecule has 1 unspecified atom stereocenters. The van der Waals surface area contributed by atoms with Gasteiger partial charge in [0.05, 0.1) is 5.41 Å². The lowest BCUT2D eigenvalue weighted by Gasteiger charge is -2.30. The van der Waals surface area contributed by atoms with Crippen molar-refractivity contribution in [2.24, 2.45) is 0 Å². The van der Waals surface area contributed by atoms with Gasteiger partial charge < -0.3 is 4.42 Å². The first-order chi connectivity index (χ1) is 23.9. The minimum atomic E-state index is -0.490. The van der Waals surface area contributed by atoms with E-state index in [1.807, 2.05) is 0 Å². The molecule has 0 fully saturated rings. The molecule has 9 aromatic rings. The summed E-state index contributed by atoms with van der Waals surface area (Å²) in [4.78, 5) is 0. The molecule has 0 saturated heterocycles. The molecule has 1 atom stereocenters. The Bertz CT molecular complexity index is 2730. The van der Waals surface area contributed by atoms with Crippen LogP contribution in [-0.2, 0) is 5.41 Å². The van der Waals surface area contributed by atoms with E-state index in [4.69, 9.17) is 4.42 Å². The first-order valence-corrected chi connectivity index (χ1v) is 16.7. The maximum atomic E-state index is 6.74. The summed E-state index contributed by atoms with van der Waals surface area (Å²) in [6.07, 6.45) is 0. The summed E-state index contributed by atoms with van der Waals surface area (Å²) in [6, 6.07) is 62.3. The summed E-state index contributed by atoms with van der Waals surface area (Å²) in [5, 5.41) is 6.25. The zero-order valence-electron chi connectivity index (χ0n) is 26.1. The quantitative estimate of drug-likeness (QED) is 0.178. The van der Waals surface area contributed by atoms with Gasteiger partial charge in [-0.15, -0.1) is 0 Å². The van der Waals surface area contributed by atoms with Crippen molar-refractivity contribution < 1.29 is 4.42 Å². The lowest BCUT2D eigenvalue weighted by molar-refractivity contribution is 0.628. The van der Waals surface area contributed by atoms with Crippen LogP contribution in [-0.4, -0.2) is 0 Å². The minimum absolute atomic E-state index is 0.490. The summed E-state index contributed by atoms with van der Waals surface area (Å²) in [5.41, 5.74) is 14.5. The third-order valence-corrected chi connectivity index (χ3v) is 10.9. The van der Waals surface area contributed by atoms with Gasteiger partial charge in [-0.3, -0.25) is 0 Å². The number of fused-ring (bicyclic) bond motifs is 14. The molecule has 8 aromatic carbocycles.